The number of halogens is 1. The molecule has 6 heteroatoms. The Kier molecular flexibility index (Phi) is 5.07. The monoisotopic (exact) mass is 309 g/mol. The molecular formula is C15H20ClN3O2. The third-order valence-corrected chi connectivity index (χ3v) is 3.69. The number of hydrogen-bond donors (Lipinski definition) is 2. The van der Waals surface area contributed by atoms with Crippen LogP contribution in [0.25, 0.3) is 0 Å². The summed E-state index contributed by atoms with van der Waals surface area (Å²) in [5, 5.41) is 6.10. The van der Waals surface area contributed by atoms with Gasteiger partial charge >= 0.3 is 6.03 Å². The minimum absolute atomic E-state index is 0.0616. The standard InChI is InChI=1S/C15H20ClN3O2/c1-10(2)17-14(20)13-8-5-9-19(13)15(21)18-12-7-4-3-6-11(12)16/h3-4,6-7,10,13H,5,8-9H2,1-2H3,(H,17,20)(H,18,21). The minimum atomic E-state index is -0.408. The molecule has 1 atom stereocenters. The lowest BCUT2D eigenvalue weighted by molar-refractivity contribution is -0.125. The summed E-state index contributed by atoms with van der Waals surface area (Å²) in [4.78, 5) is 26.0. The van der Waals surface area contributed by atoms with Crippen molar-refractivity contribution in [1.29, 1.82) is 0 Å². The number of urea groups is 1. The maximum absolute atomic E-state index is 12.3. The van der Waals surface area contributed by atoms with Crippen LogP contribution in [-0.4, -0.2) is 35.5 Å². The Bertz CT molecular complexity index is 533. The molecule has 3 amide bonds. The molecule has 1 fully saturated rings. The maximum Gasteiger partial charge on any atom is 0.322 e. The van der Waals surface area contributed by atoms with Gasteiger partial charge in [0, 0.05) is 12.6 Å². The van der Waals surface area contributed by atoms with Crippen molar-refractivity contribution in [3.05, 3.63) is 29.3 Å². The predicted molar refractivity (Wildman–Crippen MR) is 83.5 cm³/mol. The first-order valence-corrected chi connectivity index (χ1v) is 7.49. The highest BCUT2D eigenvalue weighted by molar-refractivity contribution is 6.33. The van der Waals surface area contributed by atoms with Crippen molar-refractivity contribution < 1.29 is 9.59 Å². The first kappa shape index (κ1) is 15.6. The van der Waals surface area contributed by atoms with Crippen LogP contribution < -0.4 is 10.6 Å². The molecule has 0 bridgehead atoms. The Morgan fingerprint density at radius 2 is 2.05 bits per heavy atom. The average Bonchev–Trinajstić information content (AvgIpc) is 2.90. The molecule has 1 heterocycles. The van der Waals surface area contributed by atoms with E-state index in [9.17, 15) is 9.59 Å². The van der Waals surface area contributed by atoms with E-state index >= 15 is 0 Å². The van der Waals surface area contributed by atoms with Crippen LogP contribution in [-0.2, 0) is 4.79 Å². The van der Waals surface area contributed by atoms with Crippen molar-refractivity contribution >= 4 is 29.2 Å². The number of carbonyl (C=O) groups excluding carboxylic acids is 2. The van der Waals surface area contributed by atoms with E-state index in [-0.39, 0.29) is 18.0 Å². The number of likely N-dealkylation sites (tertiary alicyclic amines) is 1. The van der Waals surface area contributed by atoms with E-state index in [4.69, 9.17) is 11.6 Å². The van der Waals surface area contributed by atoms with Crippen molar-refractivity contribution in [3.63, 3.8) is 0 Å². The number of anilines is 1. The number of carbonyl (C=O) groups is 2. The van der Waals surface area contributed by atoms with Gasteiger partial charge in [0.1, 0.15) is 6.04 Å². The number of benzene rings is 1. The summed E-state index contributed by atoms with van der Waals surface area (Å²) in [5.41, 5.74) is 0.555. The summed E-state index contributed by atoms with van der Waals surface area (Å²) in [7, 11) is 0. The normalized spacial score (nSPS) is 17.9. The Labute approximate surface area is 129 Å². The summed E-state index contributed by atoms with van der Waals surface area (Å²) in [6.07, 6.45) is 1.51. The zero-order valence-electron chi connectivity index (χ0n) is 12.2. The average molecular weight is 310 g/mol. The number of nitrogens with zero attached hydrogens (tertiary/aromatic N) is 1. The van der Waals surface area contributed by atoms with E-state index in [1.807, 2.05) is 13.8 Å². The number of hydrogen-bond acceptors (Lipinski definition) is 2. The lowest BCUT2D eigenvalue weighted by atomic mass is 10.2. The van der Waals surface area contributed by atoms with E-state index in [1.165, 1.54) is 0 Å². The van der Waals surface area contributed by atoms with Crippen molar-refractivity contribution in [2.75, 3.05) is 11.9 Å². The number of rotatable bonds is 3. The lowest BCUT2D eigenvalue weighted by Crippen LogP contribution is -2.48. The smallest absolute Gasteiger partial charge is 0.322 e. The van der Waals surface area contributed by atoms with Gasteiger partial charge in [0.2, 0.25) is 5.91 Å². The second-order valence-electron chi connectivity index (χ2n) is 5.42. The van der Waals surface area contributed by atoms with E-state index in [1.54, 1.807) is 29.2 Å². The Balaban J connectivity index is 2.04. The molecule has 5 nitrogen and oxygen atoms in total. The third kappa shape index (κ3) is 3.88. The van der Waals surface area contributed by atoms with Gasteiger partial charge in [-0.25, -0.2) is 4.79 Å². The van der Waals surface area contributed by atoms with Gasteiger partial charge < -0.3 is 15.5 Å². The molecule has 114 valence electrons. The van der Waals surface area contributed by atoms with E-state index in [2.05, 4.69) is 10.6 Å². The van der Waals surface area contributed by atoms with Crippen LogP contribution in [0.15, 0.2) is 24.3 Å². The van der Waals surface area contributed by atoms with Crippen LogP contribution in [0.1, 0.15) is 26.7 Å². The van der Waals surface area contributed by atoms with Crippen molar-refractivity contribution in [2.24, 2.45) is 0 Å². The maximum atomic E-state index is 12.3. The summed E-state index contributed by atoms with van der Waals surface area (Å²) in [6.45, 7) is 4.38. The molecule has 0 spiro atoms. The molecule has 1 aliphatic heterocycles. The Morgan fingerprint density at radius 1 is 1.33 bits per heavy atom. The molecule has 0 radical (unpaired) electrons. The molecular weight excluding hydrogens is 290 g/mol. The Morgan fingerprint density at radius 3 is 2.71 bits per heavy atom. The van der Waals surface area contributed by atoms with Crippen LogP contribution in [0, 0.1) is 0 Å². The molecule has 2 rings (SSSR count). The molecule has 21 heavy (non-hydrogen) atoms. The van der Waals surface area contributed by atoms with Gasteiger partial charge in [-0.15, -0.1) is 0 Å². The topological polar surface area (TPSA) is 61.4 Å². The third-order valence-electron chi connectivity index (χ3n) is 3.36. The molecule has 2 N–H and O–H groups in total. The summed E-state index contributed by atoms with van der Waals surface area (Å²) >= 11 is 6.03. The first-order chi connectivity index (χ1) is 9.99. The highest BCUT2D eigenvalue weighted by Gasteiger charge is 2.34. The van der Waals surface area contributed by atoms with Crippen molar-refractivity contribution in [2.45, 2.75) is 38.8 Å². The van der Waals surface area contributed by atoms with E-state index < -0.39 is 6.04 Å². The van der Waals surface area contributed by atoms with Crippen LogP contribution >= 0.6 is 11.6 Å². The molecule has 1 saturated heterocycles. The molecule has 1 aliphatic rings. The lowest BCUT2D eigenvalue weighted by Gasteiger charge is -2.25. The summed E-state index contributed by atoms with van der Waals surface area (Å²) in [5.74, 6) is -0.100. The fourth-order valence-electron chi connectivity index (χ4n) is 2.41. The summed E-state index contributed by atoms with van der Waals surface area (Å²) in [6, 6.07) is 6.41. The molecule has 1 aromatic carbocycles. The van der Waals surface area contributed by atoms with Crippen LogP contribution in [0.4, 0.5) is 10.5 Å². The fourth-order valence-corrected chi connectivity index (χ4v) is 2.60. The molecule has 1 aromatic rings. The minimum Gasteiger partial charge on any atom is -0.352 e. The first-order valence-electron chi connectivity index (χ1n) is 7.11. The van der Waals surface area contributed by atoms with E-state index in [0.29, 0.717) is 23.7 Å². The Hall–Kier alpha value is -1.75. The number of para-hydroxylation sites is 1. The molecule has 0 aliphatic carbocycles. The van der Waals surface area contributed by atoms with Crippen molar-refractivity contribution in [1.82, 2.24) is 10.2 Å². The van der Waals surface area contributed by atoms with Gasteiger partial charge in [0.05, 0.1) is 10.7 Å². The number of amides is 3. The van der Waals surface area contributed by atoms with Gasteiger partial charge in [-0.05, 0) is 38.8 Å². The van der Waals surface area contributed by atoms with Crippen LogP contribution in [0.2, 0.25) is 5.02 Å². The SMILES string of the molecule is CC(C)NC(=O)C1CCCN1C(=O)Nc1ccccc1Cl. The van der Waals surface area contributed by atoms with Gasteiger partial charge in [-0.1, -0.05) is 23.7 Å². The zero-order chi connectivity index (χ0) is 15.4. The van der Waals surface area contributed by atoms with Gasteiger partial charge in [-0.3, -0.25) is 4.79 Å². The predicted octanol–water partition coefficient (Wildman–Crippen LogP) is 2.86. The van der Waals surface area contributed by atoms with Crippen LogP contribution in [0.3, 0.4) is 0 Å². The molecule has 1 unspecified atom stereocenters. The largest absolute Gasteiger partial charge is 0.352 e. The molecule has 0 aromatic heterocycles. The molecule has 0 saturated carbocycles. The zero-order valence-corrected chi connectivity index (χ0v) is 13.0. The highest BCUT2D eigenvalue weighted by atomic mass is 35.5. The fraction of sp³-hybridized carbons (Fsp3) is 0.467. The summed E-state index contributed by atoms with van der Waals surface area (Å²) < 4.78 is 0. The van der Waals surface area contributed by atoms with Gasteiger partial charge in [0.15, 0.2) is 0 Å². The second-order valence-corrected chi connectivity index (χ2v) is 5.83. The van der Waals surface area contributed by atoms with Crippen molar-refractivity contribution in [3.8, 4) is 0 Å². The van der Waals surface area contributed by atoms with E-state index in [0.717, 1.165) is 6.42 Å². The van der Waals surface area contributed by atoms with Gasteiger partial charge in [-0.2, -0.15) is 0 Å². The highest BCUT2D eigenvalue weighted by Crippen LogP contribution is 2.23. The number of nitrogens with one attached hydrogen (secondary N) is 2. The second kappa shape index (κ2) is 6.80. The van der Waals surface area contributed by atoms with Crippen LogP contribution in [0.5, 0.6) is 0 Å². The van der Waals surface area contributed by atoms with Gasteiger partial charge in [0.25, 0.3) is 0 Å². The quantitative estimate of drug-likeness (QED) is 0.902.